The minimum atomic E-state index is -0.487. The van der Waals surface area contributed by atoms with E-state index in [1.165, 1.54) is 23.2 Å². The maximum atomic E-state index is 13.7. The summed E-state index contributed by atoms with van der Waals surface area (Å²) in [4.78, 5) is 15.3. The largest absolute Gasteiger partial charge is 0.380 e. The molecule has 4 rings (SSSR count). The predicted octanol–water partition coefficient (Wildman–Crippen LogP) is 2.09. The minimum absolute atomic E-state index is 0.0299. The van der Waals surface area contributed by atoms with Gasteiger partial charge in [-0.1, -0.05) is 18.2 Å². The molecule has 2 aliphatic rings. The summed E-state index contributed by atoms with van der Waals surface area (Å²) in [5.41, 5.74) is 1.33. The number of likely N-dealkylation sites (tertiary alicyclic amines) is 1. The van der Waals surface area contributed by atoms with Gasteiger partial charge in [0.2, 0.25) is 5.91 Å². The van der Waals surface area contributed by atoms with Gasteiger partial charge in [0, 0.05) is 43.7 Å². The topological polar surface area (TPSA) is 54.5 Å². The van der Waals surface area contributed by atoms with Crippen LogP contribution in [0.1, 0.15) is 11.1 Å². The maximum absolute atomic E-state index is 13.7. The number of rotatable bonds is 6. The Morgan fingerprint density at radius 3 is 3.15 bits per heavy atom. The first-order valence-electron chi connectivity index (χ1n) is 8.87. The van der Waals surface area contributed by atoms with Gasteiger partial charge in [0.1, 0.15) is 5.82 Å². The standard InChI is InChI=1S/C19H22FN3O2S/c20-17-4-2-1-3-15(17)5-6-21-18(24)19-12-23(8-14-7-22-26-11-14)9-16(19)10-25-13-19/h1-4,7,11,16H,5-6,8-10,12-13H2,(H,21,24)/t16-,19-/m1/s1. The van der Waals surface area contributed by atoms with Crippen molar-refractivity contribution < 1.29 is 13.9 Å². The van der Waals surface area contributed by atoms with E-state index in [9.17, 15) is 9.18 Å². The lowest BCUT2D eigenvalue weighted by atomic mass is 9.80. The molecule has 2 aliphatic heterocycles. The van der Waals surface area contributed by atoms with Crippen LogP contribution in [-0.4, -0.2) is 48.0 Å². The van der Waals surface area contributed by atoms with E-state index in [1.807, 2.05) is 17.6 Å². The van der Waals surface area contributed by atoms with E-state index in [2.05, 4.69) is 14.6 Å². The summed E-state index contributed by atoms with van der Waals surface area (Å²) < 4.78 is 23.5. The molecule has 1 aromatic carbocycles. The van der Waals surface area contributed by atoms with Gasteiger partial charge in [0.05, 0.1) is 18.6 Å². The third-order valence-electron chi connectivity index (χ3n) is 5.42. The number of fused-ring (bicyclic) bond motifs is 1. The Morgan fingerprint density at radius 2 is 2.35 bits per heavy atom. The molecule has 1 aromatic heterocycles. The molecule has 5 nitrogen and oxygen atoms in total. The first kappa shape index (κ1) is 17.6. The molecule has 1 amide bonds. The number of aromatic nitrogens is 1. The molecule has 0 aliphatic carbocycles. The van der Waals surface area contributed by atoms with Crippen LogP contribution < -0.4 is 5.32 Å². The summed E-state index contributed by atoms with van der Waals surface area (Å²) in [6, 6.07) is 6.69. The van der Waals surface area contributed by atoms with Gasteiger partial charge in [0.25, 0.3) is 0 Å². The lowest BCUT2D eigenvalue weighted by Crippen LogP contribution is -2.47. The van der Waals surface area contributed by atoms with E-state index >= 15 is 0 Å². The van der Waals surface area contributed by atoms with Gasteiger partial charge in [-0.15, -0.1) is 0 Å². The fraction of sp³-hybridized carbons (Fsp3) is 0.474. The highest BCUT2D eigenvalue weighted by Gasteiger charge is 2.55. The van der Waals surface area contributed by atoms with E-state index in [4.69, 9.17) is 4.74 Å². The van der Waals surface area contributed by atoms with Crippen LogP contribution in [0.25, 0.3) is 0 Å². The van der Waals surface area contributed by atoms with Crippen molar-refractivity contribution in [2.24, 2.45) is 11.3 Å². The number of ether oxygens (including phenoxy) is 1. The Balaban J connectivity index is 1.37. The summed E-state index contributed by atoms with van der Waals surface area (Å²) >= 11 is 1.45. The van der Waals surface area contributed by atoms with E-state index in [0.29, 0.717) is 38.3 Å². The number of hydrogen-bond donors (Lipinski definition) is 1. The van der Waals surface area contributed by atoms with Crippen LogP contribution in [0.4, 0.5) is 4.39 Å². The summed E-state index contributed by atoms with van der Waals surface area (Å²) in [6.45, 7) is 3.89. The molecule has 2 saturated heterocycles. The molecular formula is C19H22FN3O2S. The van der Waals surface area contributed by atoms with E-state index < -0.39 is 5.41 Å². The number of benzene rings is 1. The second-order valence-corrected chi connectivity index (χ2v) is 7.83. The third kappa shape index (κ3) is 3.39. The van der Waals surface area contributed by atoms with Crippen LogP contribution in [0.2, 0.25) is 0 Å². The van der Waals surface area contributed by atoms with Gasteiger partial charge < -0.3 is 10.1 Å². The first-order chi connectivity index (χ1) is 12.7. The fourth-order valence-corrected chi connectivity index (χ4v) is 4.56. The van der Waals surface area contributed by atoms with Crippen LogP contribution >= 0.6 is 11.5 Å². The SMILES string of the molecule is O=C(NCCc1ccccc1F)[C@]12COC[C@H]1CN(Cc1cnsc1)C2. The lowest BCUT2D eigenvalue weighted by molar-refractivity contribution is -0.131. The molecule has 0 bridgehead atoms. The molecule has 0 spiro atoms. The number of carbonyl (C=O) groups is 1. The molecular weight excluding hydrogens is 353 g/mol. The molecule has 1 N–H and O–H groups in total. The Morgan fingerprint density at radius 1 is 1.46 bits per heavy atom. The highest BCUT2D eigenvalue weighted by molar-refractivity contribution is 7.03. The number of carbonyl (C=O) groups excluding carboxylic acids is 1. The van der Waals surface area contributed by atoms with Crippen molar-refractivity contribution in [1.82, 2.24) is 14.6 Å². The van der Waals surface area contributed by atoms with Gasteiger partial charge in [-0.05, 0) is 35.1 Å². The normalized spacial score (nSPS) is 25.3. The third-order valence-corrected chi connectivity index (χ3v) is 6.06. The van der Waals surface area contributed by atoms with Gasteiger partial charge in [-0.25, -0.2) is 8.76 Å². The second-order valence-electron chi connectivity index (χ2n) is 7.17. The highest BCUT2D eigenvalue weighted by Crippen LogP contribution is 2.42. The van der Waals surface area contributed by atoms with Gasteiger partial charge in [-0.3, -0.25) is 9.69 Å². The van der Waals surface area contributed by atoms with Crippen LogP contribution in [0, 0.1) is 17.2 Å². The van der Waals surface area contributed by atoms with Crippen molar-refractivity contribution in [3.05, 3.63) is 52.8 Å². The molecule has 26 heavy (non-hydrogen) atoms. The molecule has 2 atom stereocenters. The smallest absolute Gasteiger partial charge is 0.230 e. The van der Waals surface area contributed by atoms with Crippen molar-refractivity contribution >= 4 is 17.4 Å². The summed E-state index contributed by atoms with van der Waals surface area (Å²) in [6.07, 6.45) is 2.38. The maximum Gasteiger partial charge on any atom is 0.230 e. The minimum Gasteiger partial charge on any atom is -0.380 e. The van der Waals surface area contributed by atoms with E-state index in [0.717, 1.165) is 13.1 Å². The Hall–Kier alpha value is -1.83. The number of amides is 1. The molecule has 7 heteroatoms. The first-order valence-corrected chi connectivity index (χ1v) is 9.71. The van der Waals surface area contributed by atoms with Crippen LogP contribution in [0.3, 0.4) is 0 Å². The number of nitrogens with one attached hydrogen (secondary N) is 1. The van der Waals surface area contributed by atoms with E-state index in [1.54, 1.807) is 12.1 Å². The zero-order valence-corrected chi connectivity index (χ0v) is 15.3. The van der Waals surface area contributed by atoms with Gasteiger partial charge in [0.15, 0.2) is 0 Å². The van der Waals surface area contributed by atoms with Gasteiger partial charge in [-0.2, -0.15) is 0 Å². The Bertz CT molecular complexity index is 770. The van der Waals surface area contributed by atoms with E-state index in [-0.39, 0.29) is 17.6 Å². The predicted molar refractivity (Wildman–Crippen MR) is 97.2 cm³/mol. The molecule has 3 heterocycles. The van der Waals surface area contributed by atoms with Crippen molar-refractivity contribution in [1.29, 1.82) is 0 Å². The number of halogens is 1. The molecule has 138 valence electrons. The lowest BCUT2D eigenvalue weighted by Gasteiger charge is -2.26. The fourth-order valence-electron chi connectivity index (χ4n) is 4.03. The summed E-state index contributed by atoms with van der Waals surface area (Å²) in [5, 5.41) is 5.07. The monoisotopic (exact) mass is 375 g/mol. The van der Waals surface area contributed by atoms with Crippen molar-refractivity contribution in [3.63, 3.8) is 0 Å². The number of hydrogen-bond acceptors (Lipinski definition) is 5. The van der Waals surface area contributed by atoms with Crippen molar-refractivity contribution in [2.45, 2.75) is 13.0 Å². The molecule has 2 fully saturated rings. The average Bonchev–Trinajstić information content (AvgIpc) is 3.33. The van der Waals surface area contributed by atoms with Crippen LogP contribution in [-0.2, 0) is 22.5 Å². The summed E-state index contributed by atoms with van der Waals surface area (Å²) in [7, 11) is 0. The molecule has 0 saturated carbocycles. The number of nitrogens with zero attached hydrogens (tertiary/aromatic N) is 2. The Labute approximate surface area is 156 Å². The zero-order valence-electron chi connectivity index (χ0n) is 14.5. The summed E-state index contributed by atoms with van der Waals surface area (Å²) in [5.74, 6) is 0.0169. The van der Waals surface area contributed by atoms with Crippen LogP contribution in [0.15, 0.2) is 35.8 Å². The highest BCUT2D eigenvalue weighted by atomic mass is 32.1. The molecule has 0 unspecified atom stereocenters. The Kier molecular flexibility index (Phi) is 5.02. The quantitative estimate of drug-likeness (QED) is 0.840. The van der Waals surface area contributed by atoms with Crippen LogP contribution in [0.5, 0.6) is 0 Å². The van der Waals surface area contributed by atoms with Crippen molar-refractivity contribution in [3.8, 4) is 0 Å². The van der Waals surface area contributed by atoms with Gasteiger partial charge >= 0.3 is 0 Å². The van der Waals surface area contributed by atoms with Crippen molar-refractivity contribution in [2.75, 3.05) is 32.8 Å². The average molecular weight is 375 g/mol. The second kappa shape index (κ2) is 7.42. The zero-order chi connectivity index (χ0) is 18.0. The molecule has 0 radical (unpaired) electrons. The molecule has 2 aromatic rings.